The number of hydrogen-bond acceptors (Lipinski definition) is 6. The average molecular weight is 381 g/mol. The maximum absolute atomic E-state index is 12.7. The second-order valence-electron chi connectivity index (χ2n) is 5.51. The highest BCUT2D eigenvalue weighted by Crippen LogP contribution is 2.27. The van der Waals surface area contributed by atoms with Crippen LogP contribution < -0.4 is 0 Å². The molecule has 25 heavy (non-hydrogen) atoms. The fourth-order valence-corrected chi connectivity index (χ4v) is 4.37. The smallest absolute Gasteiger partial charge is 0.273 e. The van der Waals surface area contributed by atoms with Gasteiger partial charge in [-0.05, 0) is 18.6 Å². The zero-order chi connectivity index (χ0) is 18.2. The van der Waals surface area contributed by atoms with Crippen LogP contribution in [0.5, 0.6) is 0 Å². The topological polar surface area (TPSA) is 119 Å². The van der Waals surface area contributed by atoms with Crippen LogP contribution in [0.4, 0.5) is 0 Å². The van der Waals surface area contributed by atoms with Gasteiger partial charge in [-0.25, -0.2) is 22.4 Å². The number of nitrogens with zero attached hydrogens (tertiary/aromatic N) is 3. The third-order valence-corrected chi connectivity index (χ3v) is 6.51. The maximum atomic E-state index is 12.7. The SMILES string of the molecule is CC(c1ncnc2c1ccn2S(=O)(=O)Cc1ccccc1)S(=O)(=O)O. The van der Waals surface area contributed by atoms with Gasteiger partial charge in [0, 0.05) is 11.6 Å². The van der Waals surface area contributed by atoms with Gasteiger partial charge >= 0.3 is 0 Å². The molecule has 8 nitrogen and oxygen atoms in total. The number of fused-ring (bicyclic) bond motifs is 1. The lowest BCUT2D eigenvalue weighted by atomic mass is 10.2. The van der Waals surface area contributed by atoms with Gasteiger partial charge in [-0.15, -0.1) is 0 Å². The van der Waals surface area contributed by atoms with Crippen LogP contribution in [-0.4, -0.2) is 35.3 Å². The summed E-state index contributed by atoms with van der Waals surface area (Å²) < 4.78 is 58.4. The van der Waals surface area contributed by atoms with Crippen LogP contribution in [-0.2, 0) is 25.9 Å². The standard InChI is InChI=1S/C15H15N3O5S2/c1-11(25(21,22)23)14-13-7-8-18(15(13)17-10-16-14)24(19,20)9-12-5-3-2-4-6-12/h2-8,10-11H,9H2,1H3,(H,21,22,23). The number of hydrogen-bond donors (Lipinski definition) is 1. The summed E-state index contributed by atoms with van der Waals surface area (Å²) >= 11 is 0. The van der Waals surface area contributed by atoms with Gasteiger partial charge in [-0.2, -0.15) is 8.42 Å². The highest BCUT2D eigenvalue weighted by Gasteiger charge is 2.26. The highest BCUT2D eigenvalue weighted by molar-refractivity contribution is 7.89. The van der Waals surface area contributed by atoms with Crippen molar-refractivity contribution in [2.75, 3.05) is 0 Å². The summed E-state index contributed by atoms with van der Waals surface area (Å²) in [6.07, 6.45) is 2.38. The van der Waals surface area contributed by atoms with Gasteiger partial charge < -0.3 is 0 Å². The van der Waals surface area contributed by atoms with E-state index in [1.807, 2.05) is 0 Å². The minimum absolute atomic E-state index is 0.0427. The van der Waals surface area contributed by atoms with Crippen molar-refractivity contribution in [2.24, 2.45) is 0 Å². The van der Waals surface area contributed by atoms with E-state index in [-0.39, 0.29) is 22.5 Å². The first-order chi connectivity index (χ1) is 11.7. The predicted molar refractivity (Wildman–Crippen MR) is 92.0 cm³/mol. The monoisotopic (exact) mass is 381 g/mol. The molecule has 0 spiro atoms. The van der Waals surface area contributed by atoms with Crippen molar-refractivity contribution < 1.29 is 21.4 Å². The molecule has 0 bridgehead atoms. The molecule has 2 aromatic heterocycles. The molecule has 1 N–H and O–H groups in total. The summed E-state index contributed by atoms with van der Waals surface area (Å²) in [5.74, 6) is -0.231. The summed E-state index contributed by atoms with van der Waals surface area (Å²) in [6, 6.07) is 10.1. The average Bonchev–Trinajstić information content (AvgIpc) is 2.98. The Hall–Kier alpha value is -2.30. The van der Waals surface area contributed by atoms with E-state index < -0.39 is 25.4 Å². The molecule has 0 aliphatic rings. The summed E-state index contributed by atoms with van der Waals surface area (Å²) in [6.45, 7) is 1.27. The first kappa shape index (κ1) is 17.5. The molecule has 0 aliphatic carbocycles. The normalized spacial score (nSPS) is 13.8. The van der Waals surface area contributed by atoms with E-state index in [4.69, 9.17) is 0 Å². The fourth-order valence-electron chi connectivity index (χ4n) is 2.49. The van der Waals surface area contributed by atoms with Crippen LogP contribution in [0.2, 0.25) is 0 Å². The largest absolute Gasteiger partial charge is 0.285 e. The Kier molecular flexibility index (Phi) is 4.35. The predicted octanol–water partition coefficient (Wildman–Crippen LogP) is 1.76. The van der Waals surface area contributed by atoms with Gasteiger partial charge in [0.25, 0.3) is 10.1 Å². The number of benzene rings is 1. The Labute approximate surface area is 145 Å². The Morgan fingerprint density at radius 2 is 1.76 bits per heavy atom. The molecule has 0 aliphatic heterocycles. The molecular formula is C15H15N3O5S2. The van der Waals surface area contributed by atoms with E-state index in [9.17, 15) is 21.4 Å². The summed E-state index contributed by atoms with van der Waals surface area (Å²) in [5, 5.41) is -1.05. The van der Waals surface area contributed by atoms with Crippen LogP contribution in [0, 0.1) is 0 Å². The summed E-state index contributed by atoms with van der Waals surface area (Å²) in [4.78, 5) is 7.86. The maximum Gasteiger partial charge on any atom is 0.273 e. The molecule has 3 rings (SSSR count). The zero-order valence-electron chi connectivity index (χ0n) is 13.1. The zero-order valence-corrected chi connectivity index (χ0v) is 14.8. The summed E-state index contributed by atoms with van der Waals surface area (Å²) in [7, 11) is -8.13. The molecule has 132 valence electrons. The second kappa shape index (κ2) is 6.21. The molecule has 2 heterocycles. The van der Waals surface area contributed by atoms with Gasteiger partial charge in [-0.1, -0.05) is 30.3 Å². The number of aromatic nitrogens is 3. The molecule has 3 aromatic rings. The third kappa shape index (κ3) is 3.41. The molecule has 0 amide bonds. The third-order valence-electron chi connectivity index (χ3n) is 3.80. The molecule has 1 atom stereocenters. The Morgan fingerprint density at radius 3 is 2.40 bits per heavy atom. The van der Waals surface area contributed by atoms with E-state index in [0.29, 0.717) is 5.56 Å². The van der Waals surface area contributed by atoms with Crippen LogP contribution >= 0.6 is 0 Å². The molecule has 1 aromatic carbocycles. The summed E-state index contributed by atoms with van der Waals surface area (Å²) in [5.41, 5.74) is 0.725. The van der Waals surface area contributed by atoms with Crippen molar-refractivity contribution in [3.63, 3.8) is 0 Å². The minimum Gasteiger partial charge on any atom is -0.285 e. The quantitative estimate of drug-likeness (QED) is 0.669. The van der Waals surface area contributed by atoms with Crippen molar-refractivity contribution in [3.05, 3.63) is 60.2 Å². The van der Waals surface area contributed by atoms with Crippen molar-refractivity contribution in [2.45, 2.75) is 17.9 Å². The number of rotatable bonds is 5. The molecule has 0 saturated carbocycles. The fraction of sp³-hybridized carbons (Fsp3) is 0.200. The van der Waals surface area contributed by atoms with Gasteiger partial charge in [0.05, 0.1) is 11.4 Å². The molecule has 10 heteroatoms. The Morgan fingerprint density at radius 1 is 1.08 bits per heavy atom. The van der Waals surface area contributed by atoms with Crippen LogP contribution in [0.3, 0.4) is 0 Å². The van der Waals surface area contributed by atoms with Crippen molar-refractivity contribution in [3.8, 4) is 0 Å². The van der Waals surface area contributed by atoms with Crippen LogP contribution in [0.15, 0.2) is 48.9 Å². The van der Waals surface area contributed by atoms with Gasteiger partial charge in [0.2, 0.25) is 10.0 Å². The van der Waals surface area contributed by atoms with E-state index in [1.165, 1.54) is 19.2 Å². The lowest BCUT2D eigenvalue weighted by molar-refractivity contribution is 0.471. The second-order valence-corrected chi connectivity index (χ2v) is 9.09. The Bertz CT molecular complexity index is 1120. The first-order valence-electron chi connectivity index (χ1n) is 7.25. The lowest BCUT2D eigenvalue weighted by Gasteiger charge is -2.10. The lowest BCUT2D eigenvalue weighted by Crippen LogP contribution is -2.15. The molecule has 0 radical (unpaired) electrons. The van der Waals surface area contributed by atoms with E-state index in [2.05, 4.69) is 9.97 Å². The van der Waals surface area contributed by atoms with Crippen molar-refractivity contribution in [1.82, 2.24) is 13.9 Å². The van der Waals surface area contributed by atoms with Gasteiger partial charge in [-0.3, -0.25) is 4.55 Å². The highest BCUT2D eigenvalue weighted by atomic mass is 32.2. The van der Waals surface area contributed by atoms with Crippen molar-refractivity contribution >= 4 is 31.2 Å². The van der Waals surface area contributed by atoms with Gasteiger partial charge in [0.15, 0.2) is 5.65 Å². The molecule has 0 saturated heterocycles. The van der Waals surface area contributed by atoms with E-state index in [0.717, 1.165) is 10.3 Å². The molecule has 1 unspecified atom stereocenters. The van der Waals surface area contributed by atoms with Crippen molar-refractivity contribution in [1.29, 1.82) is 0 Å². The molecular weight excluding hydrogens is 366 g/mol. The van der Waals surface area contributed by atoms with Crippen LogP contribution in [0.25, 0.3) is 11.0 Å². The van der Waals surface area contributed by atoms with Gasteiger partial charge in [0.1, 0.15) is 11.6 Å². The van der Waals surface area contributed by atoms with E-state index in [1.54, 1.807) is 30.3 Å². The van der Waals surface area contributed by atoms with Crippen LogP contribution in [0.1, 0.15) is 23.4 Å². The Balaban J connectivity index is 2.10. The first-order valence-corrected chi connectivity index (χ1v) is 10.4. The van der Waals surface area contributed by atoms with E-state index >= 15 is 0 Å². The minimum atomic E-state index is -4.37. The molecule has 0 fully saturated rings.